The molecule has 0 unspecified atom stereocenters. The summed E-state index contributed by atoms with van der Waals surface area (Å²) >= 11 is 4.70. The van der Waals surface area contributed by atoms with Crippen LogP contribution in [0.15, 0.2) is 29.4 Å². The smallest absolute Gasteiger partial charge is 0.760 e. The summed E-state index contributed by atoms with van der Waals surface area (Å²) < 4.78 is 0. The number of hydrogen-bond acceptors (Lipinski definition) is 2. The standard InChI is InChI=1S/C5H5NS.Tl/c7-5-3-1-2-4-6-5;/h1-4H,(H,6,7);/q;+1/p-1. The summed E-state index contributed by atoms with van der Waals surface area (Å²) in [7, 11) is 0. The number of hydrogen-bond donors (Lipinski definition) is 0. The van der Waals surface area contributed by atoms with Crippen LogP contribution in [0.25, 0.3) is 0 Å². The largest absolute Gasteiger partial charge is 1.00 e. The SMILES string of the molecule is [S-]c1ccccn1.[Tl+]. The van der Waals surface area contributed by atoms with Crippen LogP contribution in [0, 0.1) is 0 Å². The first-order valence-electron chi connectivity index (χ1n) is 1.97. The Kier molecular flexibility index (Phi) is 4.35. The van der Waals surface area contributed by atoms with Gasteiger partial charge >= 0.3 is 27.3 Å². The van der Waals surface area contributed by atoms with Crippen LogP contribution in [-0.4, -0.2) is 32.3 Å². The maximum Gasteiger partial charge on any atom is 1.00 e. The fourth-order valence-electron chi connectivity index (χ4n) is 0.347. The summed E-state index contributed by atoms with van der Waals surface area (Å²) in [5.41, 5.74) is 0. The summed E-state index contributed by atoms with van der Waals surface area (Å²) in [6.07, 6.45) is 1.68. The average molecular weight is 315 g/mol. The molecule has 0 aliphatic carbocycles. The van der Waals surface area contributed by atoms with Crippen LogP contribution in [0.2, 0.25) is 0 Å². The molecule has 0 atom stereocenters. The van der Waals surface area contributed by atoms with E-state index in [1.165, 1.54) is 0 Å². The zero-order valence-electron chi connectivity index (χ0n) is 4.24. The van der Waals surface area contributed by atoms with Crippen molar-refractivity contribution >= 4 is 39.9 Å². The molecule has 1 aromatic rings. The second-order valence-electron chi connectivity index (χ2n) is 1.17. The quantitative estimate of drug-likeness (QED) is 0.514. The van der Waals surface area contributed by atoms with Gasteiger partial charge in [-0.15, -0.1) is 0 Å². The first-order chi connectivity index (χ1) is 3.39. The second kappa shape index (κ2) is 4.20. The zero-order chi connectivity index (χ0) is 5.11. The minimum Gasteiger partial charge on any atom is -0.760 e. The molecular formula is C5H4NSTl. The molecule has 0 spiro atoms. The molecule has 1 nitrogen and oxygen atoms in total. The molecule has 1 rings (SSSR count). The third-order valence-electron chi connectivity index (χ3n) is 0.638. The van der Waals surface area contributed by atoms with Gasteiger partial charge in [0, 0.05) is 6.20 Å². The fourth-order valence-corrected chi connectivity index (χ4v) is 0.487. The van der Waals surface area contributed by atoms with Crippen LogP contribution < -0.4 is 0 Å². The molecule has 1 heterocycles. The zero-order valence-corrected chi connectivity index (χ0v) is 9.55. The summed E-state index contributed by atoms with van der Waals surface area (Å²) in [6, 6.07) is 5.50. The van der Waals surface area contributed by atoms with E-state index in [0.29, 0.717) is 5.03 Å². The molecule has 38 valence electrons. The first kappa shape index (κ1) is 8.29. The summed E-state index contributed by atoms with van der Waals surface area (Å²) in [5.74, 6) is 0. The normalized spacial score (nSPS) is 7.50. The Morgan fingerprint density at radius 3 is 2.38 bits per heavy atom. The average Bonchev–Trinajstić information content (AvgIpc) is 1.69. The van der Waals surface area contributed by atoms with E-state index in [1.807, 2.05) is 12.1 Å². The molecule has 0 fully saturated rings. The van der Waals surface area contributed by atoms with E-state index in [-0.39, 0.29) is 27.3 Å². The monoisotopic (exact) mass is 315 g/mol. The van der Waals surface area contributed by atoms with Crippen molar-refractivity contribution in [1.82, 2.24) is 4.98 Å². The van der Waals surface area contributed by atoms with Crippen molar-refractivity contribution in [1.29, 1.82) is 0 Å². The second-order valence-corrected chi connectivity index (χ2v) is 1.59. The molecule has 0 radical (unpaired) electrons. The van der Waals surface area contributed by atoms with Crippen molar-refractivity contribution < 1.29 is 0 Å². The van der Waals surface area contributed by atoms with Crippen molar-refractivity contribution in [3.05, 3.63) is 24.4 Å². The molecule has 0 aliphatic heterocycles. The van der Waals surface area contributed by atoms with Gasteiger partial charge in [-0.05, 0) is 6.07 Å². The van der Waals surface area contributed by atoms with E-state index in [1.54, 1.807) is 12.3 Å². The molecule has 3 heteroatoms. The number of rotatable bonds is 0. The van der Waals surface area contributed by atoms with Crippen LogP contribution in [0.3, 0.4) is 0 Å². The topological polar surface area (TPSA) is 12.9 Å². The van der Waals surface area contributed by atoms with Crippen LogP contribution in [0.4, 0.5) is 0 Å². The maximum atomic E-state index is 4.70. The maximum absolute atomic E-state index is 4.70. The Bertz CT molecular complexity index is 142. The molecular weight excluding hydrogens is 311 g/mol. The van der Waals surface area contributed by atoms with Crippen molar-refractivity contribution in [2.24, 2.45) is 0 Å². The molecule has 0 amide bonds. The van der Waals surface area contributed by atoms with Crippen LogP contribution in [-0.2, 0) is 12.6 Å². The molecule has 1 aromatic heterocycles. The molecule has 8 heavy (non-hydrogen) atoms. The molecule has 0 saturated carbocycles. The summed E-state index contributed by atoms with van der Waals surface area (Å²) in [4.78, 5) is 3.79. The number of aromatic nitrogens is 1. The van der Waals surface area contributed by atoms with Crippen molar-refractivity contribution in [2.45, 2.75) is 5.03 Å². The summed E-state index contributed by atoms with van der Waals surface area (Å²) in [5, 5.41) is 0.655. The Morgan fingerprint density at radius 2 is 2.12 bits per heavy atom. The van der Waals surface area contributed by atoms with Gasteiger partial charge in [0.1, 0.15) is 0 Å². The van der Waals surface area contributed by atoms with E-state index in [9.17, 15) is 0 Å². The third-order valence-corrected chi connectivity index (χ3v) is 0.879. The van der Waals surface area contributed by atoms with Gasteiger partial charge in [-0.1, -0.05) is 17.2 Å². The molecule has 0 N–H and O–H groups in total. The molecule has 0 bridgehead atoms. The van der Waals surface area contributed by atoms with E-state index in [0.717, 1.165) is 0 Å². The minimum absolute atomic E-state index is 0. The van der Waals surface area contributed by atoms with Crippen LogP contribution >= 0.6 is 0 Å². The van der Waals surface area contributed by atoms with Gasteiger partial charge in [0.05, 0.1) is 0 Å². The van der Waals surface area contributed by atoms with Crippen LogP contribution in [0.1, 0.15) is 0 Å². The van der Waals surface area contributed by atoms with Gasteiger partial charge in [-0.2, -0.15) is 0 Å². The van der Waals surface area contributed by atoms with Crippen molar-refractivity contribution in [3.63, 3.8) is 0 Å². The van der Waals surface area contributed by atoms with Gasteiger partial charge in [0.25, 0.3) is 0 Å². The van der Waals surface area contributed by atoms with E-state index in [2.05, 4.69) is 4.98 Å². The van der Waals surface area contributed by atoms with E-state index < -0.39 is 0 Å². The van der Waals surface area contributed by atoms with Crippen LogP contribution in [0.5, 0.6) is 0 Å². The Morgan fingerprint density at radius 1 is 1.38 bits per heavy atom. The number of pyridine rings is 1. The predicted octanol–water partition coefficient (Wildman–Crippen LogP) is 0.607. The van der Waals surface area contributed by atoms with Gasteiger partial charge in [0.2, 0.25) is 0 Å². The van der Waals surface area contributed by atoms with E-state index >= 15 is 0 Å². The summed E-state index contributed by atoms with van der Waals surface area (Å²) in [6.45, 7) is 0. The van der Waals surface area contributed by atoms with Gasteiger partial charge in [-0.3, -0.25) is 4.98 Å². The molecule has 0 aliphatic rings. The Balaban J connectivity index is 0.000000490. The van der Waals surface area contributed by atoms with Crippen molar-refractivity contribution in [3.8, 4) is 0 Å². The molecule has 0 saturated heterocycles. The first-order valence-corrected chi connectivity index (χ1v) is 2.38. The van der Waals surface area contributed by atoms with Gasteiger partial charge in [-0.25, -0.2) is 0 Å². The van der Waals surface area contributed by atoms with E-state index in [4.69, 9.17) is 12.6 Å². The number of nitrogens with zero attached hydrogens (tertiary/aromatic N) is 1. The van der Waals surface area contributed by atoms with Gasteiger partial charge < -0.3 is 12.6 Å². The van der Waals surface area contributed by atoms with Gasteiger partial charge in [0.15, 0.2) is 0 Å². The molecule has 0 aromatic carbocycles. The predicted molar refractivity (Wildman–Crippen MR) is 35.6 cm³/mol. The fraction of sp³-hybridized carbons (Fsp3) is 0. The minimum atomic E-state index is 0. The Labute approximate surface area is 74.1 Å². The third kappa shape index (κ3) is 2.56. The Hall–Kier alpha value is 0.292. The van der Waals surface area contributed by atoms with Crippen molar-refractivity contribution in [2.75, 3.05) is 0 Å².